The molecule has 38 heavy (non-hydrogen) atoms. The number of carboxylic acids is 1. The van der Waals surface area contributed by atoms with Crippen molar-refractivity contribution in [3.63, 3.8) is 0 Å². The van der Waals surface area contributed by atoms with Gasteiger partial charge in [-0.1, -0.05) is 17.7 Å². The molecule has 0 radical (unpaired) electrons. The van der Waals surface area contributed by atoms with Crippen molar-refractivity contribution < 1.29 is 23.8 Å². The van der Waals surface area contributed by atoms with Gasteiger partial charge in [0.25, 0.3) is 0 Å². The minimum atomic E-state index is -1.36. The van der Waals surface area contributed by atoms with Gasteiger partial charge in [-0.2, -0.15) is 5.26 Å². The number of ether oxygens (including phenoxy) is 1. The Bertz CT molecular complexity index is 1630. The normalized spacial score (nSPS) is 19.2. The Kier molecular flexibility index (Phi) is 5.76. The zero-order valence-electron chi connectivity index (χ0n) is 20.1. The second kappa shape index (κ2) is 9.03. The number of benzene rings is 2. The molecule has 11 heteroatoms. The number of hydrogen-bond acceptors (Lipinski definition) is 6. The number of halogens is 2. The Labute approximate surface area is 221 Å². The van der Waals surface area contributed by atoms with Crippen molar-refractivity contribution in [3.8, 4) is 6.07 Å². The Hall–Kier alpha value is -4.10. The number of amides is 1. The fourth-order valence-corrected chi connectivity index (χ4v) is 5.77. The number of carbonyl (C=O) groups is 2. The number of carboxylic acid groups (broad SMARTS) is 1. The number of hydrogen-bond donors (Lipinski definition) is 1. The lowest BCUT2D eigenvalue weighted by Gasteiger charge is -2.26. The van der Waals surface area contributed by atoms with Crippen molar-refractivity contribution in [3.05, 3.63) is 68.2 Å². The zero-order chi connectivity index (χ0) is 26.7. The first-order valence-corrected chi connectivity index (χ1v) is 12.7. The van der Waals surface area contributed by atoms with E-state index in [2.05, 4.69) is 0 Å². The van der Waals surface area contributed by atoms with E-state index >= 15 is 4.39 Å². The van der Waals surface area contributed by atoms with Crippen LogP contribution in [0.2, 0.25) is 5.02 Å². The third kappa shape index (κ3) is 3.94. The Morgan fingerprint density at radius 1 is 1.16 bits per heavy atom. The number of carbonyl (C=O) groups excluding carboxylic acids is 1. The molecule has 1 aliphatic carbocycles. The van der Waals surface area contributed by atoms with Gasteiger partial charge < -0.3 is 19.3 Å². The topological polar surface area (TPSA) is 116 Å². The van der Waals surface area contributed by atoms with E-state index in [-0.39, 0.29) is 28.7 Å². The van der Waals surface area contributed by atoms with Crippen molar-refractivity contribution in [1.82, 2.24) is 4.57 Å². The molecule has 3 aliphatic rings. The maximum Gasteiger partial charge on any atom is 0.415 e. The first-order valence-electron chi connectivity index (χ1n) is 12.3. The highest BCUT2D eigenvalue weighted by atomic mass is 35.5. The fourth-order valence-electron chi connectivity index (χ4n) is 5.36. The van der Waals surface area contributed by atoms with Gasteiger partial charge in [-0.3, -0.25) is 9.69 Å². The number of nitrogens with zero attached hydrogens (tertiary/aromatic N) is 4. The van der Waals surface area contributed by atoms with Gasteiger partial charge in [0.2, 0.25) is 11.5 Å². The predicted molar refractivity (Wildman–Crippen MR) is 138 cm³/mol. The van der Waals surface area contributed by atoms with E-state index in [1.165, 1.54) is 11.1 Å². The van der Waals surface area contributed by atoms with Gasteiger partial charge in [0, 0.05) is 31.0 Å². The van der Waals surface area contributed by atoms with Crippen LogP contribution in [-0.2, 0) is 17.6 Å². The largest absolute Gasteiger partial charge is 0.477 e. The average molecular weight is 537 g/mol. The molecule has 1 saturated carbocycles. The number of aromatic nitrogens is 1. The first kappa shape index (κ1) is 24.2. The van der Waals surface area contributed by atoms with Gasteiger partial charge in [0.05, 0.1) is 28.2 Å². The van der Waals surface area contributed by atoms with Crippen LogP contribution in [-0.4, -0.2) is 47.5 Å². The van der Waals surface area contributed by atoms with Gasteiger partial charge in [0.15, 0.2) is 0 Å². The summed E-state index contributed by atoms with van der Waals surface area (Å²) in [5.74, 6) is -2.04. The van der Waals surface area contributed by atoms with E-state index in [4.69, 9.17) is 21.6 Å². The maximum absolute atomic E-state index is 15.6. The molecular formula is C27H22ClFN4O5. The van der Waals surface area contributed by atoms with Crippen molar-refractivity contribution in [2.75, 3.05) is 29.4 Å². The minimum Gasteiger partial charge on any atom is -0.477 e. The highest BCUT2D eigenvalue weighted by Crippen LogP contribution is 2.42. The quantitative estimate of drug-likeness (QED) is 0.529. The Morgan fingerprint density at radius 2 is 1.89 bits per heavy atom. The van der Waals surface area contributed by atoms with E-state index in [0.29, 0.717) is 37.1 Å². The van der Waals surface area contributed by atoms with Gasteiger partial charge in [-0.25, -0.2) is 14.0 Å². The summed E-state index contributed by atoms with van der Waals surface area (Å²) in [5.41, 5.74) is 2.06. The van der Waals surface area contributed by atoms with E-state index in [1.54, 1.807) is 4.57 Å². The Balaban J connectivity index is 1.36. The molecule has 1 unspecified atom stereocenters. The predicted octanol–water partition coefficient (Wildman–Crippen LogP) is 4.28. The van der Waals surface area contributed by atoms with Gasteiger partial charge in [0.1, 0.15) is 17.4 Å². The third-order valence-corrected chi connectivity index (χ3v) is 7.79. The van der Waals surface area contributed by atoms with Crippen LogP contribution in [0.5, 0.6) is 0 Å². The summed E-state index contributed by atoms with van der Waals surface area (Å²) in [6, 6.07) is 8.70. The molecule has 1 atom stereocenters. The number of anilines is 2. The molecular weight excluding hydrogens is 515 g/mol. The summed E-state index contributed by atoms with van der Waals surface area (Å²) < 4.78 is 22.3. The number of pyridine rings is 1. The molecule has 1 aromatic heterocycles. The number of nitriles is 1. The standard InChI is InChI=1S/C27H22ClFN4O5/c28-22-23-19(25(34)20(26(35)36)13-32(23)16-3-4-16)10-21(29)24(22)31-7-5-14-1-2-17(9-15(14)6-8-31)33-12-18(11-30)38-27(33)37/h1-2,9-10,13,16,18H,3-8,12H2,(H,35,36). The maximum atomic E-state index is 15.6. The van der Waals surface area contributed by atoms with Crippen LogP contribution in [0.15, 0.2) is 35.3 Å². The molecule has 0 spiro atoms. The molecule has 2 aromatic carbocycles. The SMILES string of the molecule is N#CC1CN(c2ccc3c(c2)CCN(c2c(F)cc4c(=O)c(C(=O)O)cn(C5CC5)c4c2Cl)CC3)C(=O)O1. The van der Waals surface area contributed by atoms with Crippen molar-refractivity contribution in [2.45, 2.75) is 37.8 Å². The smallest absolute Gasteiger partial charge is 0.415 e. The minimum absolute atomic E-state index is 0.0109. The van der Waals surface area contributed by atoms with Crippen LogP contribution in [0.3, 0.4) is 0 Å². The van der Waals surface area contributed by atoms with Gasteiger partial charge in [-0.05, 0) is 55.0 Å². The Morgan fingerprint density at radius 3 is 2.55 bits per heavy atom. The molecule has 2 aliphatic heterocycles. The highest BCUT2D eigenvalue weighted by molar-refractivity contribution is 6.38. The molecule has 1 saturated heterocycles. The van der Waals surface area contributed by atoms with Crippen LogP contribution in [0, 0.1) is 17.1 Å². The summed E-state index contributed by atoms with van der Waals surface area (Å²) in [6.45, 7) is 1.06. The molecule has 1 N–H and O–H groups in total. The highest BCUT2D eigenvalue weighted by Gasteiger charge is 2.33. The first-order chi connectivity index (χ1) is 18.3. The molecule has 1 amide bonds. The molecule has 0 bridgehead atoms. The number of cyclic esters (lactones) is 1. The number of fused-ring (bicyclic) bond motifs is 2. The van der Waals surface area contributed by atoms with Crippen LogP contribution >= 0.6 is 11.6 Å². The molecule has 9 nitrogen and oxygen atoms in total. The van der Waals surface area contributed by atoms with Gasteiger partial charge >= 0.3 is 12.1 Å². The second-order valence-electron chi connectivity index (χ2n) is 9.78. The zero-order valence-corrected chi connectivity index (χ0v) is 20.9. The van der Waals surface area contributed by atoms with E-state index < -0.39 is 35.0 Å². The molecule has 194 valence electrons. The lowest BCUT2D eigenvalue weighted by molar-refractivity contribution is 0.0694. The monoisotopic (exact) mass is 536 g/mol. The van der Waals surface area contributed by atoms with Gasteiger partial charge in [-0.15, -0.1) is 0 Å². The van der Waals surface area contributed by atoms with Crippen LogP contribution in [0.25, 0.3) is 10.9 Å². The lowest BCUT2D eigenvalue weighted by Crippen LogP contribution is -2.28. The van der Waals surface area contributed by atoms with Crippen molar-refractivity contribution >= 4 is 45.9 Å². The van der Waals surface area contributed by atoms with Crippen LogP contribution in [0.4, 0.5) is 20.6 Å². The number of rotatable bonds is 4. The van der Waals surface area contributed by atoms with Crippen molar-refractivity contribution in [1.29, 1.82) is 5.26 Å². The summed E-state index contributed by atoms with van der Waals surface area (Å²) >= 11 is 6.81. The van der Waals surface area contributed by atoms with Crippen LogP contribution in [0.1, 0.15) is 40.4 Å². The number of aromatic carboxylic acids is 1. The third-order valence-electron chi connectivity index (χ3n) is 7.43. The average Bonchev–Trinajstić information content (AvgIpc) is 3.69. The van der Waals surface area contributed by atoms with Crippen LogP contribution < -0.4 is 15.2 Å². The van der Waals surface area contributed by atoms with E-state index in [1.807, 2.05) is 29.2 Å². The summed E-state index contributed by atoms with van der Waals surface area (Å²) in [5, 5.41) is 18.6. The second-order valence-corrected chi connectivity index (χ2v) is 10.2. The molecule has 3 aromatic rings. The summed E-state index contributed by atoms with van der Waals surface area (Å²) in [7, 11) is 0. The molecule has 6 rings (SSSR count). The molecule has 2 fully saturated rings. The summed E-state index contributed by atoms with van der Waals surface area (Å²) in [6.07, 6.45) is 2.73. The fraction of sp³-hybridized carbons (Fsp3) is 0.333. The van der Waals surface area contributed by atoms with E-state index in [9.17, 15) is 19.5 Å². The molecule has 3 heterocycles. The van der Waals surface area contributed by atoms with Crippen molar-refractivity contribution in [2.24, 2.45) is 0 Å². The summed E-state index contributed by atoms with van der Waals surface area (Å²) in [4.78, 5) is 40.0. The lowest BCUT2D eigenvalue weighted by atomic mass is 10.0. The van der Waals surface area contributed by atoms with E-state index in [0.717, 1.165) is 30.0 Å².